The van der Waals surface area contributed by atoms with Crippen LogP contribution in [0.4, 0.5) is 0 Å². The average Bonchev–Trinajstić information content (AvgIpc) is 2.70. The van der Waals surface area contributed by atoms with Crippen molar-refractivity contribution in [3.8, 4) is 0 Å². The van der Waals surface area contributed by atoms with E-state index in [1.54, 1.807) is 0 Å². The van der Waals surface area contributed by atoms with Crippen LogP contribution in [-0.4, -0.2) is 28.0 Å². The molecule has 1 aromatic heterocycles. The largest absolute Gasteiger partial charge is 0.480 e. The Morgan fingerprint density at radius 3 is 2.78 bits per heavy atom. The number of carbonyl (C=O) groups excluding carboxylic acids is 1. The molecule has 94 valence electrons. The molecule has 1 heterocycles. The van der Waals surface area contributed by atoms with Gasteiger partial charge in [-0.05, 0) is 24.4 Å². The molecule has 0 aliphatic rings. The molecule has 5 heteroatoms. The number of benzene rings is 1. The minimum Gasteiger partial charge on any atom is -0.480 e. The summed E-state index contributed by atoms with van der Waals surface area (Å²) in [6, 6.07) is 8.73. The molecule has 1 aromatic carbocycles. The predicted octanol–water partition coefficient (Wildman–Crippen LogP) is 1.30. The van der Waals surface area contributed by atoms with Crippen LogP contribution >= 0.6 is 0 Å². The number of aromatic nitrogens is 1. The maximum absolute atomic E-state index is 11.6. The molecule has 0 aliphatic carbocycles. The number of aliphatic carboxylic acids is 1. The fraction of sp³-hybridized carbons (Fsp3) is 0.231. The van der Waals surface area contributed by atoms with Crippen LogP contribution in [0, 0.1) is 0 Å². The van der Waals surface area contributed by atoms with Crippen LogP contribution in [-0.2, 0) is 16.0 Å². The standard InChI is InChI=1S/C13H14N2O3/c1-8(13(17)18)14-12(16)7-10-6-9-4-2-3-5-11(9)15-10/h2-6,8,15H,7H2,1H3,(H,14,16)(H,17,18). The summed E-state index contributed by atoms with van der Waals surface area (Å²) < 4.78 is 0. The molecule has 0 saturated heterocycles. The van der Waals surface area contributed by atoms with Crippen LogP contribution < -0.4 is 5.32 Å². The van der Waals surface area contributed by atoms with Gasteiger partial charge in [-0.3, -0.25) is 9.59 Å². The highest BCUT2D eigenvalue weighted by atomic mass is 16.4. The normalized spacial score (nSPS) is 12.3. The molecule has 0 saturated carbocycles. The molecule has 0 radical (unpaired) electrons. The van der Waals surface area contributed by atoms with Crippen molar-refractivity contribution in [1.82, 2.24) is 10.3 Å². The molecule has 1 atom stereocenters. The third-order valence-electron chi connectivity index (χ3n) is 2.68. The number of fused-ring (bicyclic) bond motifs is 1. The van der Waals surface area contributed by atoms with Gasteiger partial charge in [-0.25, -0.2) is 0 Å². The SMILES string of the molecule is CC(NC(=O)Cc1cc2ccccc2[nH]1)C(=O)O. The van der Waals surface area contributed by atoms with E-state index in [1.165, 1.54) is 6.92 Å². The zero-order valence-corrected chi connectivity index (χ0v) is 9.93. The minimum atomic E-state index is -1.04. The second-order valence-corrected chi connectivity index (χ2v) is 4.19. The van der Waals surface area contributed by atoms with Gasteiger partial charge in [0, 0.05) is 11.2 Å². The molecule has 3 N–H and O–H groups in total. The number of hydrogen-bond acceptors (Lipinski definition) is 2. The first-order valence-corrected chi connectivity index (χ1v) is 5.65. The van der Waals surface area contributed by atoms with E-state index in [9.17, 15) is 9.59 Å². The summed E-state index contributed by atoms with van der Waals surface area (Å²) in [7, 11) is 0. The topological polar surface area (TPSA) is 82.2 Å². The second kappa shape index (κ2) is 4.91. The Morgan fingerprint density at radius 2 is 2.11 bits per heavy atom. The van der Waals surface area contributed by atoms with Crippen molar-refractivity contribution in [1.29, 1.82) is 0 Å². The summed E-state index contributed by atoms with van der Waals surface area (Å²) in [5.74, 6) is -1.35. The van der Waals surface area contributed by atoms with Crippen molar-refractivity contribution in [3.63, 3.8) is 0 Å². The highest BCUT2D eigenvalue weighted by Gasteiger charge is 2.14. The van der Waals surface area contributed by atoms with Gasteiger partial charge in [0.25, 0.3) is 0 Å². The van der Waals surface area contributed by atoms with Crippen molar-refractivity contribution in [2.45, 2.75) is 19.4 Å². The van der Waals surface area contributed by atoms with Crippen LogP contribution in [0.2, 0.25) is 0 Å². The number of amides is 1. The second-order valence-electron chi connectivity index (χ2n) is 4.19. The number of carboxylic acids is 1. The number of rotatable bonds is 4. The van der Waals surface area contributed by atoms with E-state index in [1.807, 2.05) is 30.3 Å². The lowest BCUT2D eigenvalue weighted by Gasteiger charge is -2.08. The summed E-state index contributed by atoms with van der Waals surface area (Å²) in [5.41, 5.74) is 1.73. The third-order valence-corrected chi connectivity index (χ3v) is 2.68. The van der Waals surface area contributed by atoms with Crippen LogP contribution in [0.15, 0.2) is 30.3 Å². The molecule has 5 nitrogen and oxygen atoms in total. The van der Waals surface area contributed by atoms with Crippen molar-refractivity contribution < 1.29 is 14.7 Å². The third kappa shape index (κ3) is 2.68. The maximum Gasteiger partial charge on any atom is 0.325 e. The van der Waals surface area contributed by atoms with E-state index in [-0.39, 0.29) is 12.3 Å². The molecule has 0 fully saturated rings. The van der Waals surface area contributed by atoms with Gasteiger partial charge in [0.15, 0.2) is 0 Å². The van der Waals surface area contributed by atoms with Crippen LogP contribution in [0.3, 0.4) is 0 Å². The summed E-state index contributed by atoms with van der Waals surface area (Å²) >= 11 is 0. The number of carboxylic acid groups (broad SMARTS) is 1. The van der Waals surface area contributed by atoms with Crippen molar-refractivity contribution in [2.75, 3.05) is 0 Å². The molecular formula is C13H14N2O3. The molecule has 2 aromatic rings. The highest BCUT2D eigenvalue weighted by Crippen LogP contribution is 2.14. The number of H-pyrrole nitrogens is 1. The van der Waals surface area contributed by atoms with E-state index >= 15 is 0 Å². The summed E-state index contributed by atoms with van der Waals surface area (Å²) in [4.78, 5) is 25.3. The van der Waals surface area contributed by atoms with Crippen LogP contribution in [0.5, 0.6) is 0 Å². The van der Waals surface area contributed by atoms with Crippen molar-refractivity contribution in [2.24, 2.45) is 0 Å². The van der Waals surface area contributed by atoms with Crippen molar-refractivity contribution in [3.05, 3.63) is 36.0 Å². The average molecular weight is 246 g/mol. The molecule has 0 spiro atoms. The van der Waals surface area contributed by atoms with E-state index < -0.39 is 12.0 Å². The molecule has 0 bridgehead atoms. The number of carbonyl (C=O) groups is 2. The van der Waals surface area contributed by atoms with Gasteiger partial charge in [-0.1, -0.05) is 18.2 Å². The van der Waals surface area contributed by atoms with Crippen molar-refractivity contribution >= 4 is 22.8 Å². The quantitative estimate of drug-likeness (QED) is 0.760. The molecule has 2 rings (SSSR count). The van der Waals surface area contributed by atoms with Gasteiger partial charge in [0.05, 0.1) is 6.42 Å². The van der Waals surface area contributed by atoms with Crippen LogP contribution in [0.1, 0.15) is 12.6 Å². The number of para-hydroxylation sites is 1. The van der Waals surface area contributed by atoms with E-state index in [2.05, 4.69) is 10.3 Å². The summed E-state index contributed by atoms with van der Waals surface area (Å²) in [6.07, 6.45) is 0.145. The Kier molecular flexibility index (Phi) is 3.32. The van der Waals surface area contributed by atoms with Gasteiger partial charge in [0.2, 0.25) is 5.91 Å². The number of aromatic amines is 1. The lowest BCUT2D eigenvalue weighted by molar-refractivity contribution is -0.141. The maximum atomic E-state index is 11.6. The highest BCUT2D eigenvalue weighted by molar-refractivity contribution is 5.86. The first kappa shape index (κ1) is 12.2. The van der Waals surface area contributed by atoms with Gasteiger partial charge in [-0.2, -0.15) is 0 Å². The summed E-state index contributed by atoms with van der Waals surface area (Å²) in [6.45, 7) is 1.44. The number of nitrogens with one attached hydrogen (secondary N) is 2. The van der Waals surface area contributed by atoms with E-state index in [0.29, 0.717) is 0 Å². The molecular weight excluding hydrogens is 232 g/mol. The predicted molar refractivity (Wildman–Crippen MR) is 67.2 cm³/mol. The van der Waals surface area contributed by atoms with Gasteiger partial charge in [-0.15, -0.1) is 0 Å². The molecule has 18 heavy (non-hydrogen) atoms. The Bertz CT molecular complexity index is 556. The van der Waals surface area contributed by atoms with E-state index in [0.717, 1.165) is 16.6 Å². The fourth-order valence-corrected chi connectivity index (χ4v) is 1.76. The van der Waals surface area contributed by atoms with E-state index in [4.69, 9.17) is 5.11 Å². The fourth-order valence-electron chi connectivity index (χ4n) is 1.76. The lowest BCUT2D eigenvalue weighted by atomic mass is 10.2. The first-order valence-electron chi connectivity index (χ1n) is 5.65. The van der Waals surface area contributed by atoms with Gasteiger partial charge < -0.3 is 15.4 Å². The Morgan fingerprint density at radius 1 is 1.39 bits per heavy atom. The molecule has 1 unspecified atom stereocenters. The first-order chi connectivity index (χ1) is 8.56. The van der Waals surface area contributed by atoms with Gasteiger partial charge >= 0.3 is 5.97 Å². The zero-order valence-electron chi connectivity index (χ0n) is 9.93. The lowest BCUT2D eigenvalue weighted by Crippen LogP contribution is -2.39. The molecule has 1 amide bonds. The van der Waals surface area contributed by atoms with Gasteiger partial charge in [0.1, 0.15) is 6.04 Å². The monoisotopic (exact) mass is 246 g/mol. The zero-order chi connectivity index (χ0) is 13.1. The Balaban J connectivity index is 2.05. The Labute approximate surface area is 104 Å². The smallest absolute Gasteiger partial charge is 0.325 e. The number of hydrogen-bond donors (Lipinski definition) is 3. The van der Waals surface area contributed by atoms with Crippen LogP contribution in [0.25, 0.3) is 10.9 Å². The molecule has 0 aliphatic heterocycles. The summed E-state index contributed by atoms with van der Waals surface area (Å²) in [5, 5.41) is 12.1. The Hall–Kier alpha value is -2.30. The minimum absolute atomic E-state index is 0.145.